The van der Waals surface area contributed by atoms with E-state index in [1.165, 1.54) is 11.8 Å². The number of nitrogens with zero attached hydrogens (tertiary/aromatic N) is 4. The van der Waals surface area contributed by atoms with Crippen molar-refractivity contribution in [1.29, 1.82) is 5.26 Å². The third kappa shape index (κ3) is 4.14. The highest BCUT2D eigenvalue weighted by atomic mass is 32.2. The number of rotatable bonds is 6. The van der Waals surface area contributed by atoms with E-state index in [-0.39, 0.29) is 11.2 Å². The van der Waals surface area contributed by atoms with E-state index in [0.717, 1.165) is 37.9 Å². The first-order valence-corrected chi connectivity index (χ1v) is 8.80. The van der Waals surface area contributed by atoms with Crippen molar-refractivity contribution >= 4 is 17.7 Å². The zero-order valence-corrected chi connectivity index (χ0v) is 14.5. The van der Waals surface area contributed by atoms with Gasteiger partial charge in [0.25, 0.3) is 0 Å². The minimum Gasteiger partial charge on any atom is -0.337 e. The molecule has 1 N–H and O–H groups in total. The number of hydrogen-bond donors (Lipinski definition) is 1. The summed E-state index contributed by atoms with van der Waals surface area (Å²) in [4.78, 5) is 12.5. The quantitative estimate of drug-likeness (QED) is 0.639. The molecule has 1 atom stereocenters. The van der Waals surface area contributed by atoms with Crippen LogP contribution in [-0.2, 0) is 11.3 Å². The van der Waals surface area contributed by atoms with Crippen LogP contribution in [0.5, 0.6) is 0 Å². The summed E-state index contributed by atoms with van der Waals surface area (Å²) in [7, 11) is 0. The number of nitriles is 1. The molecule has 2 rings (SSSR count). The summed E-state index contributed by atoms with van der Waals surface area (Å²) in [6, 6.07) is 2.32. The molecule has 0 aromatic carbocycles. The average Bonchev–Trinajstić information content (AvgIpc) is 2.89. The Labute approximate surface area is 141 Å². The molecule has 6 nitrogen and oxygen atoms in total. The van der Waals surface area contributed by atoms with E-state index in [9.17, 15) is 10.1 Å². The van der Waals surface area contributed by atoms with Gasteiger partial charge in [0.2, 0.25) is 5.91 Å². The van der Waals surface area contributed by atoms with Crippen molar-refractivity contribution < 1.29 is 4.79 Å². The maximum atomic E-state index is 12.5. The van der Waals surface area contributed by atoms with Crippen LogP contribution in [-0.4, -0.2) is 31.5 Å². The molecular weight excluding hydrogens is 310 g/mol. The Kier molecular flexibility index (Phi) is 5.83. The normalized spacial score (nSPS) is 18.0. The average molecular weight is 333 g/mol. The van der Waals surface area contributed by atoms with Gasteiger partial charge in [-0.2, -0.15) is 5.26 Å². The molecular formula is C16H23N5OS. The van der Waals surface area contributed by atoms with Crippen LogP contribution in [0.2, 0.25) is 0 Å². The molecule has 1 aromatic rings. The first-order valence-electron chi connectivity index (χ1n) is 7.92. The van der Waals surface area contributed by atoms with Crippen LogP contribution in [0.4, 0.5) is 0 Å². The van der Waals surface area contributed by atoms with E-state index in [1.54, 1.807) is 6.08 Å². The molecule has 7 heteroatoms. The first kappa shape index (κ1) is 17.5. The van der Waals surface area contributed by atoms with Crippen LogP contribution in [0.15, 0.2) is 17.8 Å². The summed E-state index contributed by atoms with van der Waals surface area (Å²) in [5, 5.41) is 21.0. The minimum atomic E-state index is -0.700. The van der Waals surface area contributed by atoms with Crippen molar-refractivity contribution in [3.63, 3.8) is 0 Å². The maximum absolute atomic E-state index is 12.5. The first-order chi connectivity index (χ1) is 11.0. The molecule has 1 fully saturated rings. The summed E-state index contributed by atoms with van der Waals surface area (Å²) in [5.74, 6) is 0.671. The van der Waals surface area contributed by atoms with Crippen molar-refractivity contribution in [1.82, 2.24) is 20.1 Å². The van der Waals surface area contributed by atoms with E-state index in [2.05, 4.69) is 28.2 Å². The highest BCUT2D eigenvalue weighted by Gasteiger charge is 2.35. The smallest absolute Gasteiger partial charge is 0.234 e. The van der Waals surface area contributed by atoms with E-state index < -0.39 is 5.54 Å². The van der Waals surface area contributed by atoms with E-state index >= 15 is 0 Å². The second-order valence-electron chi connectivity index (χ2n) is 5.93. The van der Waals surface area contributed by atoms with Gasteiger partial charge in [0, 0.05) is 6.54 Å². The molecule has 1 aromatic heterocycles. The zero-order chi connectivity index (χ0) is 16.9. The fourth-order valence-electron chi connectivity index (χ4n) is 2.76. The summed E-state index contributed by atoms with van der Waals surface area (Å²) in [6.07, 6.45) is 6.35. The summed E-state index contributed by atoms with van der Waals surface area (Å²) >= 11 is 1.36. The summed E-state index contributed by atoms with van der Waals surface area (Å²) < 4.78 is 1.92. The second-order valence-corrected chi connectivity index (χ2v) is 7.24. The predicted octanol–water partition coefficient (Wildman–Crippen LogP) is 2.60. The van der Waals surface area contributed by atoms with Gasteiger partial charge in [0.15, 0.2) is 5.16 Å². The Morgan fingerprint density at radius 1 is 1.52 bits per heavy atom. The van der Waals surface area contributed by atoms with Crippen LogP contribution < -0.4 is 5.32 Å². The largest absolute Gasteiger partial charge is 0.337 e. The number of carbonyl (C=O) groups is 1. The van der Waals surface area contributed by atoms with Crippen LogP contribution in [0, 0.1) is 18.3 Å². The Morgan fingerprint density at radius 2 is 2.22 bits per heavy atom. The Bertz CT molecular complexity index is 612. The Morgan fingerprint density at radius 3 is 2.83 bits per heavy atom. The number of allylic oxidation sites excluding steroid dienone is 1. The molecule has 1 heterocycles. The standard InChI is InChI=1S/C16H23N5OS/c1-4-10-21-13(3)19-20-15(21)23-12(2)14(22)18-16(11-17)8-6-5-7-9-16/h4,12H,1,5-10H2,2-3H3,(H,18,22). The van der Waals surface area contributed by atoms with E-state index in [1.807, 2.05) is 18.4 Å². The molecule has 0 radical (unpaired) electrons. The van der Waals surface area contributed by atoms with Crippen LogP contribution in [0.3, 0.4) is 0 Å². The Balaban J connectivity index is 2.03. The lowest BCUT2D eigenvalue weighted by atomic mass is 9.83. The molecule has 1 aliphatic rings. The SMILES string of the molecule is C=CCn1c(C)nnc1SC(C)C(=O)NC1(C#N)CCCCC1. The van der Waals surface area contributed by atoms with Crippen molar-refractivity contribution in [2.75, 3.05) is 0 Å². The topological polar surface area (TPSA) is 83.6 Å². The van der Waals surface area contributed by atoms with Gasteiger partial charge >= 0.3 is 0 Å². The van der Waals surface area contributed by atoms with Crippen molar-refractivity contribution in [2.45, 2.75) is 68.4 Å². The predicted molar refractivity (Wildman–Crippen MR) is 89.8 cm³/mol. The number of hydrogen-bond acceptors (Lipinski definition) is 5. The number of amides is 1. The number of nitrogens with one attached hydrogen (secondary N) is 1. The fraction of sp³-hybridized carbons (Fsp3) is 0.625. The Hall–Kier alpha value is -1.81. The van der Waals surface area contributed by atoms with Gasteiger partial charge in [-0.1, -0.05) is 37.1 Å². The lowest BCUT2D eigenvalue weighted by Gasteiger charge is -2.32. The monoisotopic (exact) mass is 333 g/mol. The van der Waals surface area contributed by atoms with Crippen LogP contribution in [0.1, 0.15) is 44.9 Å². The molecule has 23 heavy (non-hydrogen) atoms. The van der Waals surface area contributed by atoms with Crippen LogP contribution in [0.25, 0.3) is 0 Å². The van der Waals surface area contributed by atoms with Gasteiger partial charge in [-0.25, -0.2) is 0 Å². The maximum Gasteiger partial charge on any atom is 0.234 e. The van der Waals surface area contributed by atoms with Crippen molar-refractivity contribution in [3.05, 3.63) is 18.5 Å². The highest BCUT2D eigenvalue weighted by molar-refractivity contribution is 8.00. The van der Waals surface area contributed by atoms with E-state index in [0.29, 0.717) is 11.7 Å². The van der Waals surface area contributed by atoms with Crippen LogP contribution >= 0.6 is 11.8 Å². The lowest BCUT2D eigenvalue weighted by molar-refractivity contribution is -0.121. The molecule has 0 saturated heterocycles. The van der Waals surface area contributed by atoms with Gasteiger partial charge < -0.3 is 9.88 Å². The fourth-order valence-corrected chi connectivity index (χ4v) is 3.66. The summed E-state index contributed by atoms with van der Waals surface area (Å²) in [5.41, 5.74) is -0.700. The van der Waals surface area contributed by atoms with Gasteiger partial charge in [-0.15, -0.1) is 16.8 Å². The van der Waals surface area contributed by atoms with Crippen molar-refractivity contribution in [2.24, 2.45) is 0 Å². The molecule has 0 bridgehead atoms. The highest BCUT2D eigenvalue weighted by Crippen LogP contribution is 2.29. The van der Waals surface area contributed by atoms with Crippen molar-refractivity contribution in [3.8, 4) is 6.07 Å². The number of carbonyl (C=O) groups excluding carboxylic acids is 1. The summed E-state index contributed by atoms with van der Waals surface area (Å²) in [6.45, 7) is 8.04. The molecule has 1 amide bonds. The molecule has 124 valence electrons. The lowest BCUT2D eigenvalue weighted by Crippen LogP contribution is -2.51. The number of thioether (sulfide) groups is 1. The van der Waals surface area contributed by atoms with Gasteiger partial charge in [-0.05, 0) is 26.7 Å². The molecule has 0 aliphatic heterocycles. The third-order valence-electron chi connectivity index (χ3n) is 4.15. The van der Waals surface area contributed by atoms with Gasteiger partial charge in [0.05, 0.1) is 11.3 Å². The van der Waals surface area contributed by atoms with E-state index in [4.69, 9.17) is 0 Å². The van der Waals surface area contributed by atoms with Gasteiger partial charge in [-0.3, -0.25) is 4.79 Å². The molecule has 1 saturated carbocycles. The minimum absolute atomic E-state index is 0.121. The van der Waals surface area contributed by atoms with Gasteiger partial charge in [0.1, 0.15) is 11.4 Å². The molecule has 1 aliphatic carbocycles. The third-order valence-corrected chi connectivity index (χ3v) is 5.23. The number of aromatic nitrogens is 3. The molecule has 1 unspecified atom stereocenters. The number of aryl methyl sites for hydroxylation is 1. The zero-order valence-electron chi connectivity index (χ0n) is 13.7. The second kappa shape index (κ2) is 7.64. The molecule has 0 spiro atoms.